The number of allylic oxidation sites excluding steroid dienone is 2. The molecule has 3 atom stereocenters. The number of hydrogen-bond acceptors (Lipinski definition) is 6. The maximum absolute atomic E-state index is 12.4. The molecule has 2 heterocycles. The molecule has 3 aliphatic rings. The molecule has 31 heavy (non-hydrogen) atoms. The first-order valence-corrected chi connectivity index (χ1v) is 11.0. The number of benzene rings is 1. The van der Waals surface area contributed by atoms with Crippen molar-refractivity contribution in [3.05, 3.63) is 59.5 Å². The summed E-state index contributed by atoms with van der Waals surface area (Å²) in [6, 6.07) is 5.19. The molecule has 4 rings (SSSR count). The topological polar surface area (TPSA) is 82.4 Å². The Morgan fingerprint density at radius 3 is 2.97 bits per heavy atom. The number of ketones is 1. The van der Waals surface area contributed by atoms with Crippen LogP contribution in [-0.4, -0.2) is 46.5 Å². The van der Waals surface area contributed by atoms with Gasteiger partial charge >= 0.3 is 0 Å². The largest absolute Gasteiger partial charge is 0.504 e. The summed E-state index contributed by atoms with van der Waals surface area (Å²) < 4.78 is 5.81. The number of Topliss-reactive ketones (excluding diaryl/α,β-unsaturated/α-hetero) is 1. The van der Waals surface area contributed by atoms with E-state index in [1.807, 2.05) is 17.2 Å². The van der Waals surface area contributed by atoms with Gasteiger partial charge in [-0.2, -0.15) is 0 Å². The Hall–Kier alpha value is -2.86. The van der Waals surface area contributed by atoms with Gasteiger partial charge in [0.1, 0.15) is 5.78 Å². The Morgan fingerprint density at radius 2 is 2.19 bits per heavy atom. The van der Waals surface area contributed by atoms with Gasteiger partial charge in [0, 0.05) is 43.3 Å². The summed E-state index contributed by atoms with van der Waals surface area (Å²) in [5.74, 6) is 1.17. The van der Waals surface area contributed by atoms with E-state index in [1.165, 1.54) is 5.57 Å². The minimum absolute atomic E-state index is 0.0547. The molecule has 1 aliphatic carbocycles. The second kappa shape index (κ2) is 9.52. The number of aryl methyl sites for hydroxylation is 1. The number of hydrogen-bond donors (Lipinski definition) is 2. The van der Waals surface area contributed by atoms with Crippen LogP contribution in [0.3, 0.4) is 0 Å². The van der Waals surface area contributed by atoms with Crippen LogP contribution in [0.15, 0.2) is 58.9 Å². The zero-order valence-electron chi connectivity index (χ0n) is 17.9. The summed E-state index contributed by atoms with van der Waals surface area (Å²) in [7, 11) is 0. The van der Waals surface area contributed by atoms with Crippen LogP contribution in [0, 0.1) is 11.8 Å². The number of ether oxygens (including phenoxy) is 1. The summed E-state index contributed by atoms with van der Waals surface area (Å²) in [5.41, 5.74) is 3.05. The molecule has 0 aromatic heterocycles. The van der Waals surface area contributed by atoms with Gasteiger partial charge in [0.2, 0.25) is 0 Å². The SMILES string of the molecule is CC1C=CC(C(O)CC(=O)CCc2ccc(O)c(OCN3C=C4N=CC=C4C3)c2)CC1. The predicted octanol–water partition coefficient (Wildman–Crippen LogP) is 3.75. The first-order chi connectivity index (χ1) is 15.0. The van der Waals surface area contributed by atoms with Gasteiger partial charge in [0.05, 0.1) is 11.8 Å². The van der Waals surface area contributed by atoms with Crippen LogP contribution in [0.1, 0.15) is 38.2 Å². The molecule has 0 bridgehead atoms. The number of aliphatic hydroxyl groups is 1. The fourth-order valence-electron chi connectivity index (χ4n) is 4.20. The Morgan fingerprint density at radius 1 is 1.32 bits per heavy atom. The van der Waals surface area contributed by atoms with Gasteiger partial charge in [0.15, 0.2) is 18.2 Å². The van der Waals surface area contributed by atoms with Crippen LogP contribution in [0.2, 0.25) is 0 Å². The molecule has 3 unspecified atom stereocenters. The molecule has 0 saturated heterocycles. The first kappa shape index (κ1) is 21.4. The molecule has 164 valence electrons. The quantitative estimate of drug-likeness (QED) is 0.592. The fraction of sp³-hybridized carbons (Fsp3) is 0.440. The number of rotatable bonds is 9. The van der Waals surface area contributed by atoms with Crippen molar-refractivity contribution < 1.29 is 19.7 Å². The third kappa shape index (κ3) is 5.44. The lowest BCUT2D eigenvalue weighted by atomic mass is 9.84. The van der Waals surface area contributed by atoms with Crippen molar-refractivity contribution in [2.24, 2.45) is 16.8 Å². The Labute approximate surface area is 183 Å². The molecule has 0 saturated carbocycles. The zero-order chi connectivity index (χ0) is 21.8. The molecule has 1 aromatic carbocycles. The second-order valence-corrected chi connectivity index (χ2v) is 8.72. The van der Waals surface area contributed by atoms with E-state index >= 15 is 0 Å². The molecule has 6 nitrogen and oxygen atoms in total. The Kier molecular flexibility index (Phi) is 6.56. The number of aliphatic imine (C=N–C) groups is 1. The van der Waals surface area contributed by atoms with Crippen molar-refractivity contribution in [2.45, 2.75) is 45.1 Å². The summed E-state index contributed by atoms with van der Waals surface area (Å²) in [4.78, 5) is 18.7. The predicted molar refractivity (Wildman–Crippen MR) is 120 cm³/mol. The van der Waals surface area contributed by atoms with Crippen LogP contribution in [0.4, 0.5) is 0 Å². The number of nitrogens with zero attached hydrogens (tertiary/aromatic N) is 2. The van der Waals surface area contributed by atoms with E-state index in [0.717, 1.165) is 30.6 Å². The third-order valence-electron chi connectivity index (χ3n) is 6.17. The Bertz CT molecular complexity index is 947. The highest BCUT2D eigenvalue weighted by atomic mass is 16.5. The van der Waals surface area contributed by atoms with Crippen molar-refractivity contribution in [1.82, 2.24) is 4.90 Å². The highest BCUT2D eigenvalue weighted by Crippen LogP contribution is 2.30. The van der Waals surface area contributed by atoms with Crippen LogP contribution < -0.4 is 4.74 Å². The van der Waals surface area contributed by atoms with Gasteiger partial charge in [-0.15, -0.1) is 0 Å². The molecule has 0 radical (unpaired) electrons. The monoisotopic (exact) mass is 422 g/mol. The average molecular weight is 423 g/mol. The van der Waals surface area contributed by atoms with Gasteiger partial charge in [-0.25, -0.2) is 0 Å². The maximum atomic E-state index is 12.4. The van der Waals surface area contributed by atoms with Crippen molar-refractivity contribution in [3.8, 4) is 11.5 Å². The van der Waals surface area contributed by atoms with E-state index in [0.29, 0.717) is 31.2 Å². The third-order valence-corrected chi connectivity index (χ3v) is 6.17. The van der Waals surface area contributed by atoms with Crippen LogP contribution in [0.5, 0.6) is 11.5 Å². The Balaban J connectivity index is 1.26. The molecular weight excluding hydrogens is 392 g/mol. The second-order valence-electron chi connectivity index (χ2n) is 8.72. The van der Waals surface area contributed by atoms with E-state index in [4.69, 9.17) is 4.74 Å². The molecule has 0 fully saturated rings. The molecule has 0 amide bonds. The fourth-order valence-corrected chi connectivity index (χ4v) is 4.20. The molecule has 2 aliphatic heterocycles. The molecule has 6 heteroatoms. The van der Waals surface area contributed by atoms with Crippen LogP contribution in [-0.2, 0) is 11.2 Å². The van der Waals surface area contributed by atoms with Gasteiger partial charge in [-0.3, -0.25) is 9.79 Å². The number of aromatic hydroxyl groups is 1. The maximum Gasteiger partial charge on any atom is 0.163 e. The number of aliphatic hydroxyl groups excluding tert-OH is 1. The number of phenolic OH excluding ortho intramolecular Hbond substituents is 1. The molecule has 0 spiro atoms. The number of carbonyl (C=O) groups is 1. The summed E-state index contributed by atoms with van der Waals surface area (Å²) in [5, 5.41) is 20.5. The standard InChI is InChI=1S/C25H30N2O4/c1-17-2-6-19(7-3-17)24(30)13-21(28)8-4-18-5-9-23(29)25(12-18)31-16-27-14-20-10-11-26-22(20)15-27/h2,5-6,9-12,15,17,19,24,29-30H,3-4,7-8,13-14,16H2,1H3. The zero-order valence-corrected chi connectivity index (χ0v) is 17.9. The highest BCUT2D eigenvalue weighted by Gasteiger charge is 2.23. The minimum Gasteiger partial charge on any atom is -0.504 e. The molecule has 2 N–H and O–H groups in total. The minimum atomic E-state index is -0.608. The lowest BCUT2D eigenvalue weighted by Crippen LogP contribution is -2.24. The molecule has 1 aromatic rings. The van der Waals surface area contributed by atoms with Crippen molar-refractivity contribution in [2.75, 3.05) is 13.3 Å². The van der Waals surface area contributed by atoms with Gasteiger partial charge in [-0.05, 0) is 49.0 Å². The van der Waals surface area contributed by atoms with Gasteiger partial charge in [0.25, 0.3) is 0 Å². The van der Waals surface area contributed by atoms with Gasteiger partial charge < -0.3 is 19.8 Å². The van der Waals surface area contributed by atoms with E-state index < -0.39 is 6.10 Å². The summed E-state index contributed by atoms with van der Waals surface area (Å²) in [6.07, 6.45) is 12.4. The van der Waals surface area contributed by atoms with Crippen molar-refractivity contribution >= 4 is 12.0 Å². The van der Waals surface area contributed by atoms with E-state index in [-0.39, 0.29) is 23.9 Å². The number of carbonyl (C=O) groups excluding carboxylic acids is 1. The summed E-state index contributed by atoms with van der Waals surface area (Å²) >= 11 is 0. The van der Waals surface area contributed by atoms with Crippen molar-refractivity contribution in [3.63, 3.8) is 0 Å². The summed E-state index contributed by atoms with van der Waals surface area (Å²) in [6.45, 7) is 3.22. The van der Waals surface area contributed by atoms with E-state index in [1.54, 1.807) is 24.4 Å². The smallest absolute Gasteiger partial charge is 0.163 e. The van der Waals surface area contributed by atoms with E-state index in [2.05, 4.69) is 24.1 Å². The normalized spacial score (nSPS) is 22.8. The average Bonchev–Trinajstić information content (AvgIpc) is 3.34. The number of fused-ring (bicyclic) bond motifs is 1. The van der Waals surface area contributed by atoms with Crippen molar-refractivity contribution in [1.29, 1.82) is 0 Å². The lowest BCUT2D eigenvalue weighted by molar-refractivity contribution is -0.121. The van der Waals surface area contributed by atoms with Gasteiger partial charge in [-0.1, -0.05) is 25.1 Å². The van der Waals surface area contributed by atoms with E-state index in [9.17, 15) is 15.0 Å². The number of phenols is 1. The van der Waals surface area contributed by atoms with Crippen LogP contribution >= 0.6 is 0 Å². The molecular formula is C25H30N2O4. The van der Waals surface area contributed by atoms with Crippen LogP contribution in [0.25, 0.3) is 0 Å². The lowest BCUT2D eigenvalue weighted by Gasteiger charge is -2.24. The highest BCUT2D eigenvalue weighted by molar-refractivity contribution is 5.80. The first-order valence-electron chi connectivity index (χ1n) is 11.0.